The van der Waals surface area contributed by atoms with Gasteiger partial charge in [-0.05, 0) is 41.1 Å². The molecule has 0 fully saturated rings. The number of alkyl halides is 3. The molecule has 2 rings (SSSR count). The van der Waals surface area contributed by atoms with Gasteiger partial charge in [-0.15, -0.1) is 0 Å². The molecule has 0 aliphatic rings. The quantitative estimate of drug-likeness (QED) is 0.885. The van der Waals surface area contributed by atoms with Crippen molar-refractivity contribution in [3.63, 3.8) is 0 Å². The first kappa shape index (κ1) is 14.6. The number of aromatic nitrogens is 1. The number of rotatable bonds is 2. The largest absolute Gasteiger partial charge is 0.475 e. The summed E-state index contributed by atoms with van der Waals surface area (Å²) in [6, 6.07) is 2.96. The van der Waals surface area contributed by atoms with Crippen molar-refractivity contribution in [3.05, 3.63) is 39.7 Å². The van der Waals surface area contributed by atoms with Crippen molar-refractivity contribution in [3.8, 4) is 11.5 Å². The second-order valence-electron chi connectivity index (χ2n) is 3.93. The molecule has 0 atom stereocenters. The summed E-state index contributed by atoms with van der Waals surface area (Å²) < 4.78 is 43.3. The Labute approximate surface area is 119 Å². The lowest BCUT2D eigenvalue weighted by molar-refractivity contribution is -0.137. The van der Waals surface area contributed by atoms with Crippen LogP contribution in [0.25, 0.3) is 11.5 Å². The average molecular weight is 350 g/mol. The van der Waals surface area contributed by atoms with Gasteiger partial charge in [0.25, 0.3) is 0 Å². The van der Waals surface area contributed by atoms with E-state index in [4.69, 9.17) is 9.52 Å². The minimum absolute atomic E-state index is 0.0374. The molecule has 1 aromatic heterocycles. The van der Waals surface area contributed by atoms with Crippen LogP contribution < -0.4 is 0 Å². The van der Waals surface area contributed by atoms with E-state index in [1.807, 2.05) is 0 Å². The zero-order valence-corrected chi connectivity index (χ0v) is 11.5. The number of nitrogens with zero attached hydrogens (tertiary/aromatic N) is 1. The van der Waals surface area contributed by atoms with Crippen LogP contribution in [-0.2, 0) is 6.18 Å². The number of carboxylic acids is 1. The van der Waals surface area contributed by atoms with Crippen molar-refractivity contribution < 1.29 is 27.5 Å². The summed E-state index contributed by atoms with van der Waals surface area (Å²) in [6.07, 6.45) is -4.51. The van der Waals surface area contributed by atoms with Crippen molar-refractivity contribution in [2.75, 3.05) is 0 Å². The Kier molecular flexibility index (Phi) is 3.59. The first-order valence-electron chi connectivity index (χ1n) is 5.28. The highest BCUT2D eigenvalue weighted by molar-refractivity contribution is 9.10. The molecule has 0 aliphatic carbocycles. The molecule has 20 heavy (non-hydrogen) atoms. The maximum Gasteiger partial charge on any atom is 0.416 e. The van der Waals surface area contributed by atoms with E-state index in [1.54, 1.807) is 0 Å². The molecule has 0 aliphatic heterocycles. The normalized spacial score (nSPS) is 11.7. The van der Waals surface area contributed by atoms with Crippen molar-refractivity contribution in [1.29, 1.82) is 0 Å². The fourth-order valence-corrected chi connectivity index (χ4v) is 1.99. The van der Waals surface area contributed by atoms with Crippen molar-refractivity contribution in [2.45, 2.75) is 13.1 Å². The molecule has 0 spiro atoms. The van der Waals surface area contributed by atoms with Gasteiger partial charge in [0.2, 0.25) is 11.7 Å². The third-order valence-electron chi connectivity index (χ3n) is 2.51. The van der Waals surface area contributed by atoms with Gasteiger partial charge in [-0.2, -0.15) is 13.2 Å². The van der Waals surface area contributed by atoms with Gasteiger partial charge in [0.1, 0.15) is 0 Å². The zero-order valence-electron chi connectivity index (χ0n) is 9.95. The smallest absolute Gasteiger partial charge is 0.416 e. The topological polar surface area (TPSA) is 63.3 Å². The Morgan fingerprint density at radius 3 is 2.55 bits per heavy atom. The van der Waals surface area contributed by atoms with Crippen LogP contribution in [0.2, 0.25) is 0 Å². The lowest BCUT2D eigenvalue weighted by Crippen LogP contribution is -2.04. The van der Waals surface area contributed by atoms with Crippen molar-refractivity contribution in [2.24, 2.45) is 0 Å². The highest BCUT2D eigenvalue weighted by atomic mass is 79.9. The predicted octanol–water partition coefficient (Wildman–Crippen LogP) is 4.13. The summed E-state index contributed by atoms with van der Waals surface area (Å²) in [6.45, 7) is 1.40. The van der Waals surface area contributed by atoms with E-state index >= 15 is 0 Å². The minimum atomic E-state index is -4.51. The van der Waals surface area contributed by atoms with Gasteiger partial charge in [0, 0.05) is 4.47 Å². The van der Waals surface area contributed by atoms with E-state index < -0.39 is 23.5 Å². The van der Waals surface area contributed by atoms with Crippen LogP contribution in [0.1, 0.15) is 21.8 Å². The van der Waals surface area contributed by atoms with Crippen molar-refractivity contribution >= 4 is 21.9 Å². The van der Waals surface area contributed by atoms with E-state index in [2.05, 4.69) is 20.9 Å². The lowest BCUT2D eigenvalue weighted by atomic mass is 10.1. The summed E-state index contributed by atoms with van der Waals surface area (Å²) in [5.74, 6) is -1.91. The molecule has 0 unspecified atom stereocenters. The summed E-state index contributed by atoms with van der Waals surface area (Å²) in [7, 11) is 0. The Balaban J connectivity index is 2.57. The average Bonchev–Trinajstić information content (AvgIpc) is 2.70. The zero-order chi connectivity index (χ0) is 15.1. The molecule has 1 N–H and O–H groups in total. The molecule has 0 radical (unpaired) electrons. The summed E-state index contributed by atoms with van der Waals surface area (Å²) in [5.41, 5.74) is -0.740. The number of aromatic carboxylic acids is 1. The Hall–Kier alpha value is -1.83. The molecule has 2 aromatic rings. The maximum atomic E-state index is 12.7. The first-order chi connectivity index (χ1) is 9.20. The molecule has 1 heterocycles. The van der Waals surface area contributed by atoms with Crippen LogP contribution in [0.5, 0.6) is 0 Å². The number of hydrogen-bond donors (Lipinski definition) is 1. The molecule has 0 amide bonds. The molecule has 8 heteroatoms. The van der Waals surface area contributed by atoms with Gasteiger partial charge < -0.3 is 9.52 Å². The molecular formula is C12H7BrF3NO3. The van der Waals surface area contributed by atoms with Gasteiger partial charge in [-0.3, -0.25) is 0 Å². The molecule has 1 aromatic carbocycles. The molecule has 0 saturated heterocycles. The Morgan fingerprint density at radius 2 is 2.05 bits per heavy atom. The fourth-order valence-electron chi connectivity index (χ4n) is 1.58. The number of halogens is 4. The van der Waals surface area contributed by atoms with Gasteiger partial charge >= 0.3 is 12.1 Å². The van der Waals surface area contributed by atoms with Gasteiger partial charge in [0.15, 0.2) is 0 Å². The van der Waals surface area contributed by atoms with Crippen LogP contribution >= 0.6 is 15.9 Å². The van der Waals surface area contributed by atoms with E-state index in [1.165, 1.54) is 13.0 Å². The van der Waals surface area contributed by atoms with Crippen molar-refractivity contribution in [1.82, 2.24) is 4.98 Å². The van der Waals surface area contributed by atoms with Crippen LogP contribution in [0.3, 0.4) is 0 Å². The first-order valence-corrected chi connectivity index (χ1v) is 6.07. The second-order valence-corrected chi connectivity index (χ2v) is 4.79. The monoisotopic (exact) mass is 349 g/mol. The van der Waals surface area contributed by atoms with Crippen LogP contribution in [0, 0.1) is 6.92 Å². The summed E-state index contributed by atoms with van der Waals surface area (Å²) in [5, 5.41) is 8.85. The highest BCUT2D eigenvalue weighted by Crippen LogP contribution is 2.36. The van der Waals surface area contributed by atoms with E-state index in [0.717, 1.165) is 12.1 Å². The minimum Gasteiger partial charge on any atom is -0.475 e. The SMILES string of the molecule is Cc1nc(-c2cc(C(F)(F)F)ccc2Br)oc1C(=O)O. The molecule has 4 nitrogen and oxygen atoms in total. The van der Waals surface area contributed by atoms with E-state index in [0.29, 0.717) is 4.47 Å². The number of carboxylic acid groups (broad SMARTS) is 1. The summed E-state index contributed by atoms with van der Waals surface area (Å²) in [4.78, 5) is 14.7. The third kappa shape index (κ3) is 2.69. The van der Waals surface area contributed by atoms with Gasteiger partial charge in [0.05, 0.1) is 16.8 Å². The molecule has 0 saturated carbocycles. The second kappa shape index (κ2) is 4.93. The predicted molar refractivity (Wildman–Crippen MR) is 66.3 cm³/mol. The Morgan fingerprint density at radius 1 is 1.40 bits per heavy atom. The third-order valence-corrected chi connectivity index (χ3v) is 3.21. The summed E-state index contributed by atoms with van der Waals surface area (Å²) >= 11 is 3.09. The van der Waals surface area contributed by atoms with Crippen LogP contribution in [0.15, 0.2) is 27.1 Å². The van der Waals surface area contributed by atoms with E-state index in [9.17, 15) is 18.0 Å². The highest BCUT2D eigenvalue weighted by Gasteiger charge is 2.31. The number of benzene rings is 1. The van der Waals surface area contributed by atoms with Crippen LogP contribution in [0.4, 0.5) is 13.2 Å². The van der Waals surface area contributed by atoms with Gasteiger partial charge in [-0.25, -0.2) is 9.78 Å². The number of carbonyl (C=O) groups is 1. The number of aryl methyl sites for hydroxylation is 1. The van der Waals surface area contributed by atoms with Gasteiger partial charge in [-0.1, -0.05) is 0 Å². The van der Waals surface area contributed by atoms with E-state index in [-0.39, 0.29) is 17.1 Å². The standard InChI is InChI=1S/C12H7BrF3NO3/c1-5-9(11(18)19)20-10(17-5)7-4-6(12(14,15)16)2-3-8(7)13/h2-4H,1H3,(H,18,19). The number of oxazole rings is 1. The number of hydrogen-bond acceptors (Lipinski definition) is 3. The molecular weight excluding hydrogens is 343 g/mol. The lowest BCUT2D eigenvalue weighted by Gasteiger charge is -2.08. The maximum absolute atomic E-state index is 12.7. The molecule has 106 valence electrons. The van der Waals surface area contributed by atoms with Crippen LogP contribution in [-0.4, -0.2) is 16.1 Å². The molecule has 0 bridgehead atoms. The fraction of sp³-hybridized carbons (Fsp3) is 0.167. The Bertz CT molecular complexity index is 679.